The molecule has 1 fully saturated rings. The van der Waals surface area contributed by atoms with Gasteiger partial charge in [-0.15, -0.1) is 5.10 Å². The molecule has 1 heterocycles. The lowest BCUT2D eigenvalue weighted by Crippen LogP contribution is -2.45. The van der Waals surface area contributed by atoms with E-state index in [1.165, 1.54) is 0 Å². The molecule has 1 aliphatic carbocycles. The number of carbonyl (C=O) groups is 2. The Morgan fingerprint density at radius 2 is 1.94 bits per heavy atom. The van der Waals surface area contributed by atoms with E-state index < -0.39 is 5.97 Å². The molecule has 0 unspecified atom stereocenters. The highest BCUT2D eigenvalue weighted by Crippen LogP contribution is 2.30. The summed E-state index contributed by atoms with van der Waals surface area (Å²) in [6.07, 6.45) is 4.31. The Bertz CT molecular complexity index is 986. The van der Waals surface area contributed by atoms with Crippen molar-refractivity contribution in [3.8, 4) is 17.0 Å². The number of benzene rings is 1. The van der Waals surface area contributed by atoms with Crippen LogP contribution in [0, 0.1) is 5.92 Å². The summed E-state index contributed by atoms with van der Waals surface area (Å²) in [6.45, 7) is 6.19. The third-order valence-electron chi connectivity index (χ3n) is 6.72. The second-order valence-electron chi connectivity index (χ2n) is 9.65. The normalized spacial score (nSPS) is 18.4. The van der Waals surface area contributed by atoms with E-state index in [9.17, 15) is 14.7 Å². The number of carboxylic acid groups (broad SMARTS) is 1. The molecule has 0 radical (unpaired) electrons. The van der Waals surface area contributed by atoms with E-state index in [0.717, 1.165) is 31.2 Å². The van der Waals surface area contributed by atoms with Crippen molar-refractivity contribution in [1.82, 2.24) is 19.9 Å². The maximum absolute atomic E-state index is 12.6. The molecule has 0 saturated heterocycles. The number of carbonyl (C=O) groups excluding carboxylic acids is 1. The van der Waals surface area contributed by atoms with Crippen molar-refractivity contribution in [1.29, 1.82) is 0 Å². The van der Waals surface area contributed by atoms with Gasteiger partial charge in [0.1, 0.15) is 23.7 Å². The lowest BCUT2D eigenvalue weighted by Gasteiger charge is -2.34. The summed E-state index contributed by atoms with van der Waals surface area (Å²) in [5.41, 5.74) is 1.87. The number of amides is 1. The van der Waals surface area contributed by atoms with Gasteiger partial charge in [0.05, 0.1) is 12.0 Å². The fourth-order valence-electron chi connectivity index (χ4n) is 4.38. The summed E-state index contributed by atoms with van der Waals surface area (Å²) in [4.78, 5) is 25.5. The van der Waals surface area contributed by atoms with Crippen LogP contribution in [0.2, 0.25) is 0 Å². The molecule has 1 N–H and O–H groups in total. The quantitative estimate of drug-likeness (QED) is 0.566. The van der Waals surface area contributed by atoms with Gasteiger partial charge in [-0.25, -0.2) is 9.48 Å². The van der Waals surface area contributed by atoms with Gasteiger partial charge in [0.2, 0.25) is 0 Å². The second kappa shape index (κ2) is 10.9. The zero-order chi connectivity index (χ0) is 24.9. The van der Waals surface area contributed by atoms with Crippen LogP contribution in [0.3, 0.4) is 0 Å². The Hall–Kier alpha value is -3.10. The lowest BCUT2D eigenvalue weighted by atomic mass is 9.87. The average Bonchev–Trinajstić information content (AvgIpc) is 3.17. The molecule has 1 saturated carbocycles. The van der Waals surface area contributed by atoms with Gasteiger partial charge in [-0.3, -0.25) is 4.79 Å². The van der Waals surface area contributed by atoms with Gasteiger partial charge in [-0.05, 0) is 70.2 Å². The number of hydrogen-bond acceptors (Lipinski definition) is 6. The zero-order valence-electron chi connectivity index (χ0n) is 20.8. The molecule has 1 aromatic carbocycles. The van der Waals surface area contributed by atoms with Crippen LogP contribution in [0.25, 0.3) is 11.3 Å². The fraction of sp³-hybridized carbons (Fsp3) is 0.600. The molecule has 34 heavy (non-hydrogen) atoms. The van der Waals surface area contributed by atoms with Gasteiger partial charge in [-0.1, -0.05) is 18.6 Å². The Labute approximate surface area is 201 Å². The van der Waals surface area contributed by atoms with Crippen molar-refractivity contribution in [2.24, 2.45) is 13.0 Å². The maximum Gasteiger partial charge on any atom is 0.410 e. The van der Waals surface area contributed by atoms with E-state index in [1.807, 2.05) is 38.1 Å². The molecule has 1 amide bonds. The standard InChI is InChI=1S/C25H36N4O5/c1-6-14-25(2,3)28(4)24(32)33-16-21-22(26-27-29(21)5)17-10-12-19(13-11-17)34-20-9-7-8-18(15-20)23(30)31/h10-13,18,20H,6-9,14-16H2,1-5H3,(H,30,31)/t18-,20-/m0/s1. The molecule has 3 rings (SSSR count). The van der Waals surface area contributed by atoms with Crippen molar-refractivity contribution in [3.05, 3.63) is 30.0 Å². The Balaban J connectivity index is 1.65. The number of aryl methyl sites for hydroxylation is 1. The third-order valence-corrected chi connectivity index (χ3v) is 6.72. The van der Waals surface area contributed by atoms with Crippen LogP contribution < -0.4 is 4.74 Å². The predicted octanol–water partition coefficient (Wildman–Crippen LogP) is 4.65. The molecule has 0 spiro atoms. The van der Waals surface area contributed by atoms with Gasteiger partial charge < -0.3 is 19.5 Å². The van der Waals surface area contributed by atoms with Crippen LogP contribution in [0.15, 0.2) is 24.3 Å². The number of aliphatic carboxylic acids is 1. The first-order valence-corrected chi connectivity index (χ1v) is 11.9. The summed E-state index contributed by atoms with van der Waals surface area (Å²) >= 11 is 0. The van der Waals surface area contributed by atoms with E-state index in [1.54, 1.807) is 23.7 Å². The molecule has 0 bridgehead atoms. The van der Waals surface area contributed by atoms with E-state index in [4.69, 9.17) is 9.47 Å². The lowest BCUT2D eigenvalue weighted by molar-refractivity contribution is -0.143. The Morgan fingerprint density at radius 3 is 2.59 bits per heavy atom. The highest BCUT2D eigenvalue weighted by Gasteiger charge is 2.29. The van der Waals surface area contributed by atoms with Crippen LogP contribution >= 0.6 is 0 Å². The first-order valence-electron chi connectivity index (χ1n) is 11.9. The number of ether oxygens (including phenoxy) is 2. The number of rotatable bonds is 9. The minimum atomic E-state index is -0.750. The minimum Gasteiger partial charge on any atom is -0.490 e. The third kappa shape index (κ3) is 6.07. The second-order valence-corrected chi connectivity index (χ2v) is 9.65. The van der Waals surface area contributed by atoms with E-state index in [-0.39, 0.29) is 30.3 Å². The summed E-state index contributed by atoms with van der Waals surface area (Å²) < 4.78 is 13.2. The highest BCUT2D eigenvalue weighted by molar-refractivity contribution is 5.70. The van der Waals surface area contributed by atoms with Crippen LogP contribution in [0.5, 0.6) is 5.75 Å². The maximum atomic E-state index is 12.6. The largest absolute Gasteiger partial charge is 0.490 e. The van der Waals surface area contributed by atoms with E-state index in [2.05, 4.69) is 17.2 Å². The first-order chi connectivity index (χ1) is 16.1. The molecule has 1 aromatic heterocycles. The van der Waals surface area contributed by atoms with Crippen LogP contribution in [0.4, 0.5) is 4.79 Å². The SMILES string of the molecule is CCCC(C)(C)N(C)C(=O)OCc1c(-c2ccc(O[C@H]3CCC[C@H](C(=O)O)C3)cc2)nnn1C. The molecule has 9 heteroatoms. The Kier molecular flexibility index (Phi) is 8.17. The monoisotopic (exact) mass is 472 g/mol. The van der Waals surface area contributed by atoms with Crippen LogP contribution in [-0.4, -0.2) is 55.8 Å². The van der Waals surface area contributed by atoms with Crippen molar-refractivity contribution in [3.63, 3.8) is 0 Å². The minimum absolute atomic E-state index is 0.0567. The van der Waals surface area contributed by atoms with E-state index >= 15 is 0 Å². The molecule has 186 valence electrons. The molecule has 9 nitrogen and oxygen atoms in total. The topological polar surface area (TPSA) is 107 Å². The molecule has 0 aliphatic heterocycles. The van der Waals surface area contributed by atoms with Crippen molar-refractivity contribution in [2.45, 2.75) is 77.5 Å². The van der Waals surface area contributed by atoms with Crippen molar-refractivity contribution >= 4 is 12.1 Å². The predicted molar refractivity (Wildman–Crippen MR) is 127 cm³/mol. The van der Waals surface area contributed by atoms with Gasteiger partial charge >= 0.3 is 12.1 Å². The molecule has 2 aromatic rings. The summed E-state index contributed by atoms with van der Waals surface area (Å²) in [7, 11) is 3.52. The van der Waals surface area contributed by atoms with Gasteiger partial charge in [0.25, 0.3) is 0 Å². The first kappa shape index (κ1) is 25.5. The summed E-state index contributed by atoms with van der Waals surface area (Å²) in [6, 6.07) is 7.48. The van der Waals surface area contributed by atoms with E-state index in [0.29, 0.717) is 30.0 Å². The summed E-state index contributed by atoms with van der Waals surface area (Å²) in [5.74, 6) is -0.398. The van der Waals surface area contributed by atoms with Crippen LogP contribution in [-0.2, 0) is 23.2 Å². The number of nitrogens with zero attached hydrogens (tertiary/aromatic N) is 4. The summed E-state index contributed by atoms with van der Waals surface area (Å²) in [5, 5.41) is 17.7. The smallest absolute Gasteiger partial charge is 0.410 e. The molecular weight excluding hydrogens is 436 g/mol. The Morgan fingerprint density at radius 1 is 1.24 bits per heavy atom. The zero-order valence-corrected chi connectivity index (χ0v) is 20.8. The van der Waals surface area contributed by atoms with Gasteiger partial charge in [0, 0.05) is 25.2 Å². The fourth-order valence-corrected chi connectivity index (χ4v) is 4.38. The molecular formula is C25H36N4O5. The molecule has 1 aliphatic rings. The average molecular weight is 473 g/mol. The van der Waals surface area contributed by atoms with Crippen LogP contribution in [0.1, 0.15) is 65.0 Å². The van der Waals surface area contributed by atoms with Gasteiger partial charge in [0.15, 0.2) is 0 Å². The number of carboxylic acids is 1. The molecule has 2 atom stereocenters. The number of hydrogen-bond donors (Lipinski definition) is 1. The van der Waals surface area contributed by atoms with Crippen molar-refractivity contribution < 1.29 is 24.2 Å². The van der Waals surface area contributed by atoms with Gasteiger partial charge in [-0.2, -0.15) is 0 Å². The highest BCUT2D eigenvalue weighted by atomic mass is 16.6. The van der Waals surface area contributed by atoms with Crippen molar-refractivity contribution in [2.75, 3.05) is 7.05 Å². The number of aromatic nitrogens is 3.